The summed E-state index contributed by atoms with van der Waals surface area (Å²) in [5.74, 6) is 1.98. The SMILES string of the molecule is CCC1CCC(c2ccc(-c3ccc4c(c3)OC(C)CN4C(=O)Nc3ccc(F)c(C)c3)cc2)CC1. The lowest BCUT2D eigenvalue weighted by atomic mass is 9.77. The number of fused-ring (bicyclic) bond motifs is 1. The van der Waals surface area contributed by atoms with E-state index in [-0.39, 0.29) is 18.0 Å². The molecule has 1 atom stereocenters. The standard InChI is InChI=1S/C31H35FN2O2/c1-4-22-5-7-23(8-6-22)24-9-11-25(12-10-24)26-13-16-29-30(18-26)36-21(3)19-34(29)31(35)33-27-14-15-28(32)20(2)17-27/h9-18,21-23H,4-8,19H2,1-3H3,(H,33,35). The van der Waals surface area contributed by atoms with Crippen LogP contribution in [0.4, 0.5) is 20.6 Å². The van der Waals surface area contributed by atoms with Crippen molar-refractivity contribution in [2.75, 3.05) is 16.8 Å². The zero-order valence-corrected chi connectivity index (χ0v) is 21.4. The van der Waals surface area contributed by atoms with E-state index in [4.69, 9.17) is 4.74 Å². The number of hydrogen-bond donors (Lipinski definition) is 1. The van der Waals surface area contributed by atoms with E-state index in [1.807, 2.05) is 25.1 Å². The normalized spacial score (nSPS) is 21.4. The van der Waals surface area contributed by atoms with Gasteiger partial charge in [-0.05, 0) is 104 Å². The molecule has 0 aromatic heterocycles. The van der Waals surface area contributed by atoms with Crippen molar-refractivity contribution >= 4 is 17.4 Å². The largest absolute Gasteiger partial charge is 0.487 e. The van der Waals surface area contributed by atoms with Crippen molar-refractivity contribution in [1.82, 2.24) is 0 Å². The molecule has 1 unspecified atom stereocenters. The Labute approximate surface area is 213 Å². The molecule has 0 spiro atoms. The maximum atomic E-state index is 13.6. The van der Waals surface area contributed by atoms with Crippen LogP contribution in [0.1, 0.15) is 63.0 Å². The third-order valence-electron chi connectivity index (χ3n) is 7.81. The van der Waals surface area contributed by atoms with Crippen molar-refractivity contribution in [2.45, 2.75) is 64.9 Å². The zero-order valence-electron chi connectivity index (χ0n) is 21.4. The first-order valence-electron chi connectivity index (χ1n) is 13.2. The van der Waals surface area contributed by atoms with Crippen molar-refractivity contribution in [3.05, 3.63) is 77.6 Å². The van der Waals surface area contributed by atoms with Crippen LogP contribution in [0, 0.1) is 18.7 Å². The van der Waals surface area contributed by atoms with Gasteiger partial charge in [-0.15, -0.1) is 0 Å². The minimum Gasteiger partial charge on any atom is -0.487 e. The molecule has 2 aliphatic rings. The van der Waals surface area contributed by atoms with Crippen LogP contribution in [0.2, 0.25) is 0 Å². The highest BCUT2D eigenvalue weighted by Crippen LogP contribution is 2.40. The van der Waals surface area contributed by atoms with Crippen LogP contribution in [0.5, 0.6) is 5.75 Å². The Hall–Kier alpha value is -3.34. The van der Waals surface area contributed by atoms with Gasteiger partial charge >= 0.3 is 6.03 Å². The highest BCUT2D eigenvalue weighted by molar-refractivity contribution is 6.03. The summed E-state index contributed by atoms with van der Waals surface area (Å²) in [5, 5.41) is 2.90. The van der Waals surface area contributed by atoms with Gasteiger partial charge in [-0.3, -0.25) is 4.90 Å². The number of carbonyl (C=O) groups excluding carboxylic acids is 1. The van der Waals surface area contributed by atoms with Gasteiger partial charge in [0.05, 0.1) is 12.2 Å². The van der Waals surface area contributed by atoms with Gasteiger partial charge < -0.3 is 10.1 Å². The molecule has 2 amide bonds. The molecule has 3 aromatic rings. The van der Waals surface area contributed by atoms with Gasteiger partial charge in [0.15, 0.2) is 0 Å². The fourth-order valence-corrected chi connectivity index (χ4v) is 5.58. The second-order valence-corrected chi connectivity index (χ2v) is 10.4. The van der Waals surface area contributed by atoms with Crippen LogP contribution in [-0.4, -0.2) is 18.7 Å². The van der Waals surface area contributed by atoms with Crippen molar-refractivity contribution in [3.8, 4) is 16.9 Å². The molecular formula is C31H35FN2O2. The molecule has 3 aromatic carbocycles. The Morgan fingerprint density at radius 3 is 2.42 bits per heavy atom. The molecule has 5 rings (SSSR count). The van der Waals surface area contributed by atoms with Gasteiger partial charge in [0.25, 0.3) is 0 Å². The molecule has 5 heteroatoms. The number of ether oxygens (including phenoxy) is 1. The molecule has 1 fully saturated rings. The lowest BCUT2D eigenvalue weighted by Gasteiger charge is -2.33. The van der Waals surface area contributed by atoms with E-state index >= 15 is 0 Å². The van der Waals surface area contributed by atoms with Crippen LogP contribution < -0.4 is 15.0 Å². The predicted octanol–water partition coefficient (Wildman–Crippen LogP) is 8.30. The molecular weight excluding hydrogens is 451 g/mol. The maximum absolute atomic E-state index is 13.6. The number of halogens is 1. The number of anilines is 2. The molecule has 0 radical (unpaired) electrons. The summed E-state index contributed by atoms with van der Waals surface area (Å²) in [4.78, 5) is 14.8. The summed E-state index contributed by atoms with van der Waals surface area (Å²) in [7, 11) is 0. The molecule has 1 aliphatic heterocycles. The molecule has 36 heavy (non-hydrogen) atoms. The first-order valence-corrected chi connectivity index (χ1v) is 13.2. The second kappa shape index (κ2) is 10.3. The van der Waals surface area contributed by atoms with Gasteiger partial charge in [0.1, 0.15) is 17.7 Å². The van der Waals surface area contributed by atoms with Crippen LogP contribution in [0.3, 0.4) is 0 Å². The van der Waals surface area contributed by atoms with E-state index in [2.05, 4.69) is 36.5 Å². The van der Waals surface area contributed by atoms with E-state index in [1.165, 1.54) is 43.7 Å². The third kappa shape index (κ3) is 5.11. The number of benzene rings is 3. The number of carbonyl (C=O) groups is 1. The summed E-state index contributed by atoms with van der Waals surface area (Å²) in [6.07, 6.45) is 6.42. The molecule has 4 nitrogen and oxygen atoms in total. The highest BCUT2D eigenvalue weighted by Gasteiger charge is 2.28. The quantitative estimate of drug-likeness (QED) is 0.403. The lowest BCUT2D eigenvalue weighted by molar-refractivity contribution is 0.209. The van der Waals surface area contributed by atoms with Gasteiger partial charge in [0, 0.05) is 5.69 Å². The maximum Gasteiger partial charge on any atom is 0.326 e. The molecule has 1 heterocycles. The Morgan fingerprint density at radius 1 is 1.00 bits per heavy atom. The molecule has 1 N–H and O–H groups in total. The van der Waals surface area contributed by atoms with Crippen molar-refractivity contribution in [1.29, 1.82) is 0 Å². The number of urea groups is 1. The van der Waals surface area contributed by atoms with Gasteiger partial charge in [0.2, 0.25) is 0 Å². The summed E-state index contributed by atoms with van der Waals surface area (Å²) < 4.78 is 19.7. The number of nitrogens with one attached hydrogen (secondary N) is 1. The van der Waals surface area contributed by atoms with Crippen LogP contribution in [-0.2, 0) is 0 Å². The van der Waals surface area contributed by atoms with Crippen LogP contribution in [0.15, 0.2) is 60.7 Å². The van der Waals surface area contributed by atoms with Crippen molar-refractivity contribution in [3.63, 3.8) is 0 Å². The Morgan fingerprint density at radius 2 is 1.72 bits per heavy atom. The molecule has 0 saturated heterocycles. The van der Waals surface area contributed by atoms with E-state index in [1.54, 1.807) is 24.0 Å². The number of hydrogen-bond acceptors (Lipinski definition) is 2. The first kappa shape index (κ1) is 24.4. The predicted molar refractivity (Wildman–Crippen MR) is 144 cm³/mol. The second-order valence-electron chi connectivity index (χ2n) is 10.4. The fourth-order valence-electron chi connectivity index (χ4n) is 5.58. The average molecular weight is 487 g/mol. The number of nitrogens with zero attached hydrogens (tertiary/aromatic N) is 1. The van der Waals surface area contributed by atoms with E-state index in [0.717, 1.165) is 22.7 Å². The number of amides is 2. The lowest BCUT2D eigenvalue weighted by Crippen LogP contribution is -2.44. The minimum absolute atomic E-state index is 0.144. The fraction of sp³-hybridized carbons (Fsp3) is 0.387. The van der Waals surface area contributed by atoms with Crippen LogP contribution >= 0.6 is 0 Å². The van der Waals surface area contributed by atoms with E-state index in [0.29, 0.717) is 29.5 Å². The van der Waals surface area contributed by atoms with Crippen molar-refractivity contribution < 1.29 is 13.9 Å². The Balaban J connectivity index is 1.33. The smallest absolute Gasteiger partial charge is 0.326 e. The minimum atomic E-state index is -0.289. The van der Waals surface area contributed by atoms with E-state index < -0.39 is 0 Å². The number of aryl methyl sites for hydroxylation is 1. The number of rotatable bonds is 4. The first-order chi connectivity index (χ1) is 17.4. The Kier molecular flexibility index (Phi) is 6.99. The molecule has 1 saturated carbocycles. The summed E-state index contributed by atoms with van der Waals surface area (Å²) in [5.41, 5.74) is 5.45. The average Bonchev–Trinajstić information content (AvgIpc) is 2.90. The Bertz CT molecular complexity index is 1230. The van der Waals surface area contributed by atoms with Gasteiger partial charge in [-0.25, -0.2) is 9.18 Å². The highest BCUT2D eigenvalue weighted by atomic mass is 19.1. The molecule has 0 bridgehead atoms. The topological polar surface area (TPSA) is 41.6 Å². The van der Waals surface area contributed by atoms with Crippen LogP contribution in [0.25, 0.3) is 11.1 Å². The van der Waals surface area contributed by atoms with Gasteiger partial charge in [-0.2, -0.15) is 0 Å². The summed E-state index contributed by atoms with van der Waals surface area (Å²) in [6.45, 7) is 6.39. The van der Waals surface area contributed by atoms with E-state index in [9.17, 15) is 9.18 Å². The monoisotopic (exact) mass is 486 g/mol. The van der Waals surface area contributed by atoms with Gasteiger partial charge in [-0.1, -0.05) is 43.7 Å². The molecule has 1 aliphatic carbocycles. The summed E-state index contributed by atoms with van der Waals surface area (Å²) >= 11 is 0. The zero-order chi connectivity index (χ0) is 25.2. The third-order valence-corrected chi connectivity index (χ3v) is 7.81. The van der Waals surface area contributed by atoms with Crippen molar-refractivity contribution in [2.24, 2.45) is 5.92 Å². The molecule has 188 valence electrons. The summed E-state index contributed by atoms with van der Waals surface area (Å²) in [6, 6.07) is 19.3.